The van der Waals surface area contributed by atoms with Crippen LogP contribution in [0.2, 0.25) is 0 Å². The average Bonchev–Trinajstić information content (AvgIpc) is 2.56. The van der Waals surface area contributed by atoms with E-state index in [-0.39, 0.29) is 5.76 Å². The van der Waals surface area contributed by atoms with Crippen molar-refractivity contribution in [3.8, 4) is 5.75 Å². The summed E-state index contributed by atoms with van der Waals surface area (Å²) in [6.45, 7) is 0.504. The van der Waals surface area contributed by atoms with Gasteiger partial charge in [0.2, 0.25) is 5.76 Å². The van der Waals surface area contributed by atoms with E-state index in [4.69, 9.17) is 9.47 Å². The van der Waals surface area contributed by atoms with E-state index in [0.717, 1.165) is 20.7 Å². The van der Waals surface area contributed by atoms with Gasteiger partial charge in [0.05, 0.1) is 11.5 Å². The summed E-state index contributed by atoms with van der Waals surface area (Å²) < 4.78 is 11.9. The number of hydrogen-bond acceptors (Lipinski definition) is 4. The molecule has 1 aliphatic rings. The van der Waals surface area contributed by atoms with Gasteiger partial charge in [-0.1, -0.05) is 52.3 Å². The molecule has 0 spiro atoms. The molecule has 112 valence electrons. The molecule has 2 aromatic carbocycles. The van der Waals surface area contributed by atoms with Gasteiger partial charge in [0.15, 0.2) is 0 Å². The molecule has 0 unspecified atom stereocenters. The van der Waals surface area contributed by atoms with Crippen LogP contribution in [0.25, 0.3) is 4.91 Å². The molecule has 1 heterocycles. The summed E-state index contributed by atoms with van der Waals surface area (Å²) in [6, 6.07) is 16.9. The first-order chi connectivity index (χ1) is 10.7. The van der Waals surface area contributed by atoms with Crippen molar-refractivity contribution in [2.45, 2.75) is 0 Å². The van der Waals surface area contributed by atoms with Gasteiger partial charge in [-0.05, 0) is 23.8 Å². The molecule has 3 nitrogen and oxygen atoms in total. The summed E-state index contributed by atoms with van der Waals surface area (Å²) in [4.78, 5) is 13.3. The molecule has 0 N–H and O–H groups in total. The van der Waals surface area contributed by atoms with Crippen LogP contribution in [0.5, 0.6) is 5.75 Å². The van der Waals surface area contributed by atoms with Gasteiger partial charge >= 0.3 is 5.97 Å². The van der Waals surface area contributed by atoms with Crippen molar-refractivity contribution in [1.29, 1.82) is 0 Å². The molecule has 0 radical (unpaired) electrons. The normalized spacial score (nSPS) is 14.4. The Balaban J connectivity index is 1.89. The predicted octanol–water partition coefficient (Wildman–Crippen LogP) is 4.49. The quantitative estimate of drug-likeness (QED) is 0.584. The maximum absolute atomic E-state index is 12.4. The van der Waals surface area contributed by atoms with Crippen molar-refractivity contribution in [1.82, 2.24) is 0 Å². The first-order valence-electron chi connectivity index (χ1n) is 6.77. The van der Waals surface area contributed by atoms with E-state index in [2.05, 4.69) is 15.9 Å². The summed E-state index contributed by atoms with van der Waals surface area (Å²) >= 11 is 4.97. The first kappa shape index (κ1) is 15.2. The molecule has 0 fully saturated rings. The Kier molecular flexibility index (Phi) is 4.85. The number of ether oxygens (including phenoxy) is 2. The zero-order valence-corrected chi connectivity index (χ0v) is 14.0. The lowest BCUT2D eigenvalue weighted by atomic mass is 10.2. The number of carbonyl (C=O) groups excluding carboxylic acids is 1. The second kappa shape index (κ2) is 7.03. The molecular weight excluding hydrogens is 364 g/mol. The Morgan fingerprint density at radius 2 is 1.95 bits per heavy atom. The van der Waals surface area contributed by atoms with Crippen LogP contribution < -0.4 is 4.74 Å². The molecule has 2 aromatic rings. The van der Waals surface area contributed by atoms with Crippen molar-refractivity contribution in [2.24, 2.45) is 0 Å². The van der Waals surface area contributed by atoms with Crippen molar-refractivity contribution in [2.75, 3.05) is 12.4 Å². The molecule has 5 heteroatoms. The lowest BCUT2D eigenvalue weighted by molar-refractivity contribution is -0.133. The van der Waals surface area contributed by atoms with Gasteiger partial charge < -0.3 is 9.47 Å². The van der Waals surface area contributed by atoms with Crippen molar-refractivity contribution >= 4 is 38.6 Å². The zero-order chi connectivity index (χ0) is 15.4. The van der Waals surface area contributed by atoms with Crippen molar-refractivity contribution < 1.29 is 14.3 Å². The fraction of sp³-hybridized carbons (Fsp3) is 0.118. The van der Waals surface area contributed by atoms with Crippen LogP contribution in [-0.4, -0.2) is 18.3 Å². The maximum Gasteiger partial charge on any atom is 0.380 e. The largest absolute Gasteiger partial charge is 0.485 e. The van der Waals surface area contributed by atoms with E-state index in [9.17, 15) is 4.79 Å². The highest BCUT2D eigenvalue weighted by Gasteiger charge is 2.24. The molecule has 0 amide bonds. The fourth-order valence-electron chi connectivity index (χ4n) is 2.06. The van der Waals surface area contributed by atoms with E-state index in [1.165, 1.54) is 0 Å². The molecule has 0 saturated heterocycles. The molecule has 0 atom stereocenters. The van der Waals surface area contributed by atoms with Crippen LogP contribution in [0.1, 0.15) is 5.56 Å². The zero-order valence-electron chi connectivity index (χ0n) is 11.6. The number of esters is 1. The average molecular weight is 377 g/mol. The molecule has 0 aromatic heterocycles. The van der Waals surface area contributed by atoms with Gasteiger partial charge in [0, 0.05) is 10.2 Å². The Morgan fingerprint density at radius 1 is 1.14 bits per heavy atom. The number of thioether (sulfide) groups is 1. The van der Waals surface area contributed by atoms with Crippen LogP contribution >= 0.6 is 27.7 Å². The Bertz CT molecular complexity index is 713. The Morgan fingerprint density at radius 3 is 2.73 bits per heavy atom. The monoisotopic (exact) mass is 376 g/mol. The highest BCUT2D eigenvalue weighted by Crippen LogP contribution is 2.35. The highest BCUT2D eigenvalue weighted by molar-refractivity contribution is 9.10. The van der Waals surface area contributed by atoms with E-state index < -0.39 is 5.97 Å². The third-order valence-corrected chi connectivity index (χ3v) is 4.58. The van der Waals surface area contributed by atoms with Gasteiger partial charge in [0.25, 0.3) is 0 Å². The van der Waals surface area contributed by atoms with E-state index in [1.807, 2.05) is 42.5 Å². The minimum absolute atomic E-state index is 0.280. The third kappa shape index (κ3) is 3.54. The molecular formula is C17H13BrO3S. The Hall–Kier alpha value is -1.72. The second-order valence-electron chi connectivity index (χ2n) is 4.57. The molecule has 0 saturated carbocycles. The topological polar surface area (TPSA) is 35.5 Å². The van der Waals surface area contributed by atoms with Gasteiger partial charge in [0.1, 0.15) is 5.75 Å². The first-order valence-corrected chi connectivity index (χ1v) is 8.55. The minimum atomic E-state index is -0.468. The SMILES string of the molecule is O=C(Oc1cccc(Br)c1)C1=C(c2ccccc2)SCCO1. The number of carbonyl (C=O) groups is 1. The van der Waals surface area contributed by atoms with Gasteiger partial charge in [-0.3, -0.25) is 0 Å². The standard InChI is InChI=1S/C17H13BrO3S/c18-13-7-4-8-14(11-13)21-17(19)15-16(22-10-9-20-15)12-5-2-1-3-6-12/h1-8,11H,9-10H2. The van der Waals surface area contributed by atoms with Crippen molar-refractivity contribution in [3.05, 3.63) is 70.4 Å². The minimum Gasteiger partial charge on any atom is -0.485 e. The van der Waals surface area contributed by atoms with Gasteiger partial charge in [-0.15, -0.1) is 11.8 Å². The van der Waals surface area contributed by atoms with Crippen LogP contribution in [0.4, 0.5) is 0 Å². The van der Waals surface area contributed by atoms with Crippen LogP contribution in [0.15, 0.2) is 64.8 Å². The van der Waals surface area contributed by atoms with Crippen LogP contribution in [0.3, 0.4) is 0 Å². The molecule has 22 heavy (non-hydrogen) atoms. The Labute approximate surface area is 141 Å². The molecule has 0 bridgehead atoms. The molecule has 1 aliphatic heterocycles. The van der Waals surface area contributed by atoms with E-state index >= 15 is 0 Å². The van der Waals surface area contributed by atoms with E-state index in [0.29, 0.717) is 12.4 Å². The lowest BCUT2D eigenvalue weighted by Gasteiger charge is -2.19. The lowest BCUT2D eigenvalue weighted by Crippen LogP contribution is -2.19. The van der Waals surface area contributed by atoms with Crippen molar-refractivity contribution in [3.63, 3.8) is 0 Å². The second-order valence-corrected chi connectivity index (χ2v) is 6.59. The highest BCUT2D eigenvalue weighted by atomic mass is 79.9. The summed E-state index contributed by atoms with van der Waals surface area (Å²) in [7, 11) is 0. The smallest absolute Gasteiger partial charge is 0.380 e. The third-order valence-electron chi connectivity index (χ3n) is 3.01. The fourth-order valence-corrected chi connectivity index (χ4v) is 3.38. The summed E-state index contributed by atoms with van der Waals surface area (Å²) in [6.07, 6.45) is 0. The maximum atomic E-state index is 12.4. The molecule has 0 aliphatic carbocycles. The van der Waals surface area contributed by atoms with Crippen LogP contribution in [0, 0.1) is 0 Å². The van der Waals surface area contributed by atoms with Gasteiger partial charge in [-0.2, -0.15) is 0 Å². The molecule has 3 rings (SSSR count). The number of halogens is 1. The predicted molar refractivity (Wildman–Crippen MR) is 91.5 cm³/mol. The number of rotatable bonds is 3. The summed E-state index contributed by atoms with van der Waals surface area (Å²) in [5.74, 6) is 1.11. The van der Waals surface area contributed by atoms with Crippen LogP contribution in [-0.2, 0) is 9.53 Å². The number of benzene rings is 2. The van der Waals surface area contributed by atoms with E-state index in [1.54, 1.807) is 23.9 Å². The van der Waals surface area contributed by atoms with Gasteiger partial charge in [-0.25, -0.2) is 4.79 Å². The summed E-state index contributed by atoms with van der Waals surface area (Å²) in [5, 5.41) is 0. The summed E-state index contributed by atoms with van der Waals surface area (Å²) in [5.41, 5.74) is 0.966. The number of hydrogen-bond donors (Lipinski definition) is 0.